The highest BCUT2D eigenvalue weighted by Gasteiger charge is 2.34. The van der Waals surface area contributed by atoms with Gasteiger partial charge in [0.15, 0.2) is 0 Å². The van der Waals surface area contributed by atoms with Crippen LogP contribution in [-0.4, -0.2) is 26.6 Å². The number of nitrogens with one attached hydrogen (secondary N) is 1. The Morgan fingerprint density at radius 3 is 2.35 bits per heavy atom. The lowest BCUT2D eigenvalue weighted by atomic mass is 10.2. The number of benzene rings is 2. The van der Waals surface area contributed by atoms with E-state index in [0.29, 0.717) is 12.1 Å². The third-order valence-corrected chi connectivity index (χ3v) is 4.63. The molecule has 140 valence electrons. The maximum Gasteiger partial charge on any atom is 0.419 e. The van der Waals surface area contributed by atoms with Gasteiger partial charge in [0.1, 0.15) is 16.5 Å². The molecule has 0 aliphatic carbocycles. The van der Waals surface area contributed by atoms with Gasteiger partial charge in [-0.1, -0.05) is 0 Å². The van der Waals surface area contributed by atoms with Crippen LogP contribution in [0.1, 0.15) is 15.9 Å². The molecule has 26 heavy (non-hydrogen) atoms. The highest BCUT2D eigenvalue weighted by Crippen LogP contribution is 2.34. The van der Waals surface area contributed by atoms with Crippen molar-refractivity contribution in [3.8, 4) is 5.75 Å². The number of methoxy groups -OCH3 is 1. The van der Waals surface area contributed by atoms with Crippen molar-refractivity contribution in [1.82, 2.24) is 0 Å². The number of aromatic carboxylic acids is 1. The van der Waals surface area contributed by atoms with E-state index in [1.807, 2.05) is 4.72 Å². The molecule has 0 bridgehead atoms. The summed E-state index contributed by atoms with van der Waals surface area (Å²) in [7, 11) is -3.38. The van der Waals surface area contributed by atoms with Crippen molar-refractivity contribution < 1.29 is 40.6 Å². The van der Waals surface area contributed by atoms with Gasteiger partial charge < -0.3 is 9.84 Å². The Kier molecular flexibility index (Phi) is 5.12. The van der Waals surface area contributed by atoms with E-state index >= 15 is 0 Å². The summed E-state index contributed by atoms with van der Waals surface area (Å²) in [5.74, 6) is -3.20. The minimum Gasteiger partial charge on any atom is -0.495 e. The first kappa shape index (κ1) is 19.5. The number of carboxylic acid groups (broad SMARTS) is 1. The topological polar surface area (TPSA) is 92.7 Å². The molecule has 0 unspecified atom stereocenters. The summed E-state index contributed by atoms with van der Waals surface area (Å²) < 4.78 is 83.1. The highest BCUT2D eigenvalue weighted by molar-refractivity contribution is 7.92. The summed E-state index contributed by atoms with van der Waals surface area (Å²) in [6.45, 7) is 0. The summed E-state index contributed by atoms with van der Waals surface area (Å²) in [6.07, 6.45) is -5.02. The molecular weight excluding hydrogens is 382 g/mol. The van der Waals surface area contributed by atoms with Gasteiger partial charge in [-0.05, 0) is 36.4 Å². The molecule has 0 atom stereocenters. The summed E-state index contributed by atoms with van der Waals surface area (Å²) >= 11 is 0. The van der Waals surface area contributed by atoms with Crippen molar-refractivity contribution in [2.75, 3.05) is 11.8 Å². The van der Waals surface area contributed by atoms with E-state index in [9.17, 15) is 30.8 Å². The maximum atomic E-state index is 13.3. The van der Waals surface area contributed by atoms with E-state index < -0.39 is 44.1 Å². The minimum atomic E-state index is -5.02. The Hall–Kier alpha value is -2.82. The number of rotatable bonds is 5. The number of halogens is 4. The molecule has 0 aliphatic heterocycles. The van der Waals surface area contributed by atoms with Crippen LogP contribution in [0.3, 0.4) is 0 Å². The molecule has 0 fully saturated rings. The average Bonchev–Trinajstić information content (AvgIpc) is 2.54. The smallest absolute Gasteiger partial charge is 0.419 e. The van der Waals surface area contributed by atoms with Crippen molar-refractivity contribution >= 4 is 21.7 Å². The van der Waals surface area contributed by atoms with E-state index in [4.69, 9.17) is 9.84 Å². The maximum absolute atomic E-state index is 13.3. The fourth-order valence-electron chi connectivity index (χ4n) is 2.04. The predicted octanol–water partition coefficient (Wildman–Crippen LogP) is 3.35. The second kappa shape index (κ2) is 6.83. The molecule has 0 aliphatic rings. The van der Waals surface area contributed by atoms with Crippen LogP contribution in [0.5, 0.6) is 5.75 Å². The first-order valence-electron chi connectivity index (χ1n) is 6.76. The van der Waals surface area contributed by atoms with Crippen LogP contribution in [0.2, 0.25) is 0 Å². The summed E-state index contributed by atoms with van der Waals surface area (Å²) in [5.41, 5.74) is -2.58. The zero-order chi connectivity index (χ0) is 19.7. The van der Waals surface area contributed by atoms with Gasteiger partial charge in [0, 0.05) is 5.69 Å². The summed E-state index contributed by atoms with van der Waals surface area (Å²) in [5, 5.41) is 8.96. The first-order valence-corrected chi connectivity index (χ1v) is 8.25. The first-order chi connectivity index (χ1) is 12.0. The van der Waals surface area contributed by atoms with Crippen LogP contribution >= 0.6 is 0 Å². The largest absolute Gasteiger partial charge is 0.495 e. The molecular formula is C15H11F4NO5S. The Balaban J connectivity index is 2.50. The fourth-order valence-corrected chi connectivity index (χ4v) is 3.28. The Labute approximate surface area is 145 Å². The van der Waals surface area contributed by atoms with Gasteiger partial charge in [-0.15, -0.1) is 0 Å². The van der Waals surface area contributed by atoms with Crippen molar-refractivity contribution in [3.63, 3.8) is 0 Å². The Morgan fingerprint density at radius 1 is 1.15 bits per heavy atom. The minimum absolute atomic E-state index is 0.222. The molecule has 0 saturated carbocycles. The van der Waals surface area contributed by atoms with Gasteiger partial charge in [-0.25, -0.2) is 17.6 Å². The van der Waals surface area contributed by atoms with Gasteiger partial charge >= 0.3 is 12.1 Å². The number of carboxylic acids is 1. The third kappa shape index (κ3) is 4.04. The Morgan fingerprint density at radius 2 is 1.81 bits per heavy atom. The predicted molar refractivity (Wildman–Crippen MR) is 82.2 cm³/mol. The van der Waals surface area contributed by atoms with Crippen LogP contribution in [0.15, 0.2) is 41.3 Å². The average molecular weight is 393 g/mol. The summed E-state index contributed by atoms with van der Waals surface area (Å²) in [6, 6.07) is 4.53. The lowest BCUT2D eigenvalue weighted by molar-refractivity contribution is -0.139. The van der Waals surface area contributed by atoms with E-state index in [1.54, 1.807) is 0 Å². The molecule has 0 amide bonds. The number of anilines is 1. The van der Waals surface area contributed by atoms with Crippen LogP contribution in [-0.2, 0) is 16.2 Å². The molecule has 11 heteroatoms. The van der Waals surface area contributed by atoms with Crippen molar-refractivity contribution in [1.29, 1.82) is 0 Å². The van der Waals surface area contributed by atoms with Crippen LogP contribution in [0, 0.1) is 5.82 Å². The highest BCUT2D eigenvalue weighted by atomic mass is 32.2. The van der Waals surface area contributed by atoms with Gasteiger partial charge in [-0.3, -0.25) is 4.72 Å². The lowest BCUT2D eigenvalue weighted by Crippen LogP contribution is -2.16. The van der Waals surface area contributed by atoms with Crippen LogP contribution < -0.4 is 9.46 Å². The van der Waals surface area contributed by atoms with Crippen LogP contribution in [0.4, 0.5) is 23.2 Å². The molecule has 2 N–H and O–H groups in total. The second-order valence-electron chi connectivity index (χ2n) is 4.97. The normalized spacial score (nSPS) is 11.9. The molecule has 2 rings (SSSR count). The van der Waals surface area contributed by atoms with Gasteiger partial charge in [0.05, 0.1) is 18.2 Å². The zero-order valence-corrected chi connectivity index (χ0v) is 13.8. The van der Waals surface area contributed by atoms with Gasteiger partial charge in [0.2, 0.25) is 0 Å². The second-order valence-corrected chi connectivity index (χ2v) is 6.62. The Bertz CT molecular complexity index is 957. The number of hydrogen-bond donors (Lipinski definition) is 2. The third-order valence-electron chi connectivity index (χ3n) is 3.22. The number of carbonyl (C=O) groups is 1. The number of hydrogen-bond acceptors (Lipinski definition) is 4. The van der Waals surface area contributed by atoms with Crippen molar-refractivity contribution in [2.24, 2.45) is 0 Å². The van der Waals surface area contributed by atoms with Crippen LogP contribution in [0.25, 0.3) is 0 Å². The van der Waals surface area contributed by atoms with E-state index in [1.165, 1.54) is 0 Å². The summed E-state index contributed by atoms with van der Waals surface area (Å²) in [4.78, 5) is 10.4. The van der Waals surface area contributed by atoms with Gasteiger partial charge in [0.25, 0.3) is 10.0 Å². The van der Waals surface area contributed by atoms with Crippen molar-refractivity contribution in [2.45, 2.75) is 11.1 Å². The molecule has 2 aromatic rings. The molecule has 6 nitrogen and oxygen atoms in total. The van der Waals surface area contributed by atoms with Gasteiger partial charge in [-0.2, -0.15) is 13.2 Å². The number of sulfonamides is 1. The van der Waals surface area contributed by atoms with E-state index in [2.05, 4.69) is 0 Å². The SMILES string of the molecule is COc1ccc(C(=O)O)cc1S(=O)(=O)Nc1ccc(F)c(C(F)(F)F)c1. The quantitative estimate of drug-likeness (QED) is 0.760. The van der Waals surface area contributed by atoms with Crippen molar-refractivity contribution in [3.05, 3.63) is 53.3 Å². The standard InChI is InChI=1S/C15H11F4NO5S/c1-25-12-5-2-8(14(21)22)6-13(12)26(23,24)20-9-3-4-11(16)10(7-9)15(17,18)19/h2-7,20H,1H3,(H,21,22). The zero-order valence-electron chi connectivity index (χ0n) is 13.0. The number of ether oxygens (including phenoxy) is 1. The number of alkyl halides is 3. The molecule has 0 radical (unpaired) electrons. The molecule has 0 aromatic heterocycles. The molecule has 0 spiro atoms. The fraction of sp³-hybridized carbons (Fsp3) is 0.133. The molecule has 2 aromatic carbocycles. The van der Waals surface area contributed by atoms with E-state index in [0.717, 1.165) is 31.4 Å². The lowest BCUT2D eigenvalue weighted by Gasteiger charge is -2.14. The monoisotopic (exact) mass is 393 g/mol. The van der Waals surface area contributed by atoms with E-state index in [-0.39, 0.29) is 11.3 Å². The molecule has 0 heterocycles. The molecule has 0 saturated heterocycles.